The molecule has 3 aliphatic heterocycles. The SMILES string of the molecule is CC[NH+](CC)CC.Nc1nc2c(N)[n+]3cnc2n1[C@@H]1O[C@H](COP(=O)([O-])OP(=O)([O-])OC[C@H]2C[C@@H]3[C@H](O)[C@@H]2O)[C@@H](O)[C@H]1O. The summed E-state index contributed by atoms with van der Waals surface area (Å²) in [5, 5.41) is 42.0. The van der Waals surface area contributed by atoms with E-state index in [0.717, 1.165) is 4.57 Å². The van der Waals surface area contributed by atoms with Crippen LogP contribution in [0.5, 0.6) is 0 Å². The van der Waals surface area contributed by atoms with E-state index in [2.05, 4.69) is 44.1 Å². The highest BCUT2D eigenvalue weighted by atomic mass is 31.3. The van der Waals surface area contributed by atoms with Crippen LogP contribution in [-0.4, -0.2) is 98.3 Å². The maximum Gasteiger partial charge on any atom is 0.274 e. The van der Waals surface area contributed by atoms with Gasteiger partial charge in [0.15, 0.2) is 11.7 Å². The molecular formula is C22H39N7O12P2. The summed E-state index contributed by atoms with van der Waals surface area (Å²) in [5.41, 5.74) is 12.4. The summed E-state index contributed by atoms with van der Waals surface area (Å²) in [7, 11) is -11.1. The van der Waals surface area contributed by atoms with E-state index >= 15 is 0 Å². The number of fused-ring (bicyclic) bond motifs is 7. The largest absolute Gasteiger partial charge is 0.756 e. The lowest BCUT2D eigenvalue weighted by Gasteiger charge is -2.32. The monoisotopic (exact) mass is 655 g/mol. The number of nitrogens with zero attached hydrogens (tertiary/aromatic N) is 4. The molecule has 2 fully saturated rings. The van der Waals surface area contributed by atoms with Crippen molar-refractivity contribution in [2.45, 2.75) is 70.0 Å². The highest BCUT2D eigenvalue weighted by molar-refractivity contribution is 7.59. The third-order valence-corrected chi connectivity index (χ3v) is 10.5. The normalized spacial score (nSPS) is 38.3. The van der Waals surface area contributed by atoms with E-state index in [1.165, 1.54) is 30.5 Å². The fraction of sp³-hybridized carbons (Fsp3) is 0.773. The van der Waals surface area contributed by atoms with Crippen LogP contribution >= 0.6 is 15.6 Å². The second-order valence-electron chi connectivity index (χ2n) is 10.5. The van der Waals surface area contributed by atoms with E-state index in [4.69, 9.17) is 16.2 Å². The molecule has 8 bridgehead atoms. The topological polar surface area (TPSA) is 289 Å². The van der Waals surface area contributed by atoms with E-state index in [-0.39, 0.29) is 29.4 Å². The maximum atomic E-state index is 12.1. The molecule has 10 atom stereocenters. The molecular weight excluding hydrogens is 616 g/mol. The first-order valence-electron chi connectivity index (χ1n) is 13.8. The van der Waals surface area contributed by atoms with Gasteiger partial charge in [-0.3, -0.25) is 13.7 Å². The van der Waals surface area contributed by atoms with Crippen LogP contribution in [0.2, 0.25) is 0 Å². The molecule has 2 aromatic heterocycles. The number of imidazole rings is 1. The first-order chi connectivity index (χ1) is 20.1. The van der Waals surface area contributed by atoms with E-state index in [9.17, 15) is 39.3 Å². The molecule has 0 spiro atoms. The summed E-state index contributed by atoms with van der Waals surface area (Å²) in [6, 6.07) is -0.906. The summed E-state index contributed by atoms with van der Waals surface area (Å²) in [6.45, 7) is 8.82. The minimum atomic E-state index is -5.55. The zero-order valence-electron chi connectivity index (χ0n) is 23.8. The average molecular weight is 656 g/mol. The van der Waals surface area contributed by atoms with Gasteiger partial charge in [-0.1, -0.05) is 4.98 Å². The van der Waals surface area contributed by atoms with Gasteiger partial charge in [-0.2, -0.15) is 0 Å². The Labute approximate surface area is 246 Å². The second kappa shape index (κ2) is 13.3. The summed E-state index contributed by atoms with van der Waals surface area (Å²) in [6.07, 6.45) is -7.97. The summed E-state index contributed by atoms with van der Waals surface area (Å²) >= 11 is 0. The number of aromatic nitrogens is 4. The van der Waals surface area contributed by atoms with Crippen molar-refractivity contribution in [1.29, 1.82) is 0 Å². The zero-order valence-corrected chi connectivity index (χ0v) is 25.6. The number of phosphoric acid groups is 2. The van der Waals surface area contributed by atoms with Crippen LogP contribution in [0.1, 0.15) is 39.5 Å². The van der Waals surface area contributed by atoms with Gasteiger partial charge in [0.05, 0.1) is 39.0 Å². The van der Waals surface area contributed by atoms with Gasteiger partial charge in [0.2, 0.25) is 17.9 Å². The van der Waals surface area contributed by atoms with Gasteiger partial charge < -0.3 is 60.4 Å². The number of hydrogen-bond acceptors (Lipinski definition) is 16. The lowest BCUT2D eigenvalue weighted by Crippen LogP contribution is -3.11. The molecule has 21 heteroatoms. The molecule has 244 valence electrons. The Balaban J connectivity index is 0.000000541. The van der Waals surface area contributed by atoms with Gasteiger partial charge in [0.1, 0.15) is 30.5 Å². The van der Waals surface area contributed by atoms with Crippen LogP contribution in [-0.2, 0) is 27.2 Å². The van der Waals surface area contributed by atoms with Crippen molar-refractivity contribution in [2.24, 2.45) is 5.92 Å². The van der Waals surface area contributed by atoms with Crippen LogP contribution in [0.4, 0.5) is 11.8 Å². The Morgan fingerprint density at radius 3 is 2.19 bits per heavy atom. The van der Waals surface area contributed by atoms with Gasteiger partial charge in [-0.25, -0.2) is 13.9 Å². The molecule has 9 N–H and O–H groups in total. The molecule has 5 heterocycles. The Morgan fingerprint density at radius 2 is 1.60 bits per heavy atom. The average Bonchev–Trinajstić information content (AvgIpc) is 3.53. The summed E-state index contributed by atoms with van der Waals surface area (Å²) in [4.78, 5) is 34.3. The highest BCUT2D eigenvalue weighted by Gasteiger charge is 2.48. The third-order valence-electron chi connectivity index (χ3n) is 8.00. The lowest BCUT2D eigenvalue weighted by atomic mass is 10.1. The lowest BCUT2D eigenvalue weighted by molar-refractivity contribution is -0.894. The van der Waals surface area contributed by atoms with Crippen LogP contribution in [0.3, 0.4) is 0 Å². The molecule has 6 rings (SSSR count). The predicted octanol–water partition coefficient (Wildman–Crippen LogP) is -4.28. The Hall–Kier alpha value is -1.83. The van der Waals surface area contributed by atoms with Crippen LogP contribution in [0.25, 0.3) is 11.2 Å². The molecule has 4 aliphatic rings. The predicted molar refractivity (Wildman–Crippen MR) is 142 cm³/mol. The Morgan fingerprint density at radius 1 is 1.00 bits per heavy atom. The summed E-state index contributed by atoms with van der Waals surface area (Å²) < 4.78 is 45.3. The number of nitrogens with one attached hydrogen (secondary N) is 1. The Kier molecular flexibility index (Phi) is 10.5. The zero-order chi connectivity index (χ0) is 31.9. The number of quaternary nitrogens is 1. The van der Waals surface area contributed by atoms with Gasteiger partial charge >= 0.3 is 0 Å². The van der Waals surface area contributed by atoms with Crippen LogP contribution in [0.15, 0.2) is 6.33 Å². The molecule has 0 amide bonds. The molecule has 1 aliphatic carbocycles. The molecule has 0 radical (unpaired) electrons. The van der Waals surface area contributed by atoms with E-state index < -0.39 is 77.6 Å². The van der Waals surface area contributed by atoms with Crippen molar-refractivity contribution in [2.75, 3.05) is 44.3 Å². The molecule has 2 aromatic rings. The minimum Gasteiger partial charge on any atom is -0.756 e. The van der Waals surface area contributed by atoms with Crippen molar-refractivity contribution in [3.8, 4) is 0 Å². The highest BCUT2D eigenvalue weighted by Crippen LogP contribution is 2.56. The van der Waals surface area contributed by atoms with Gasteiger partial charge in [0.25, 0.3) is 21.5 Å². The third kappa shape index (κ3) is 7.04. The minimum absolute atomic E-state index is 0.0255. The molecule has 19 nitrogen and oxygen atoms in total. The number of nitrogens with two attached hydrogens (primary N) is 2. The van der Waals surface area contributed by atoms with Crippen molar-refractivity contribution in [3.05, 3.63) is 6.33 Å². The quantitative estimate of drug-likeness (QED) is 0.122. The van der Waals surface area contributed by atoms with Crippen LogP contribution in [0, 0.1) is 5.92 Å². The fourth-order valence-electron chi connectivity index (χ4n) is 5.44. The Bertz CT molecular complexity index is 1370. The molecule has 1 saturated heterocycles. The van der Waals surface area contributed by atoms with Crippen molar-refractivity contribution in [1.82, 2.24) is 14.5 Å². The van der Waals surface area contributed by atoms with Gasteiger partial charge in [-0.15, -0.1) is 0 Å². The maximum absolute atomic E-state index is 12.1. The van der Waals surface area contributed by atoms with E-state index in [1.54, 1.807) is 4.90 Å². The van der Waals surface area contributed by atoms with Crippen molar-refractivity contribution in [3.63, 3.8) is 0 Å². The standard InChI is InChI=1S/C16H24N6O12P2.C6H15N/c17-13-8-14-19-4-21(13)6-1-5(9(23)10(6)24)2-31-35(27,28)34-36(29,30)32-3-7-11(25)12(26)15(33-7)22(14)16(18)20-8;1-4-7(5-2)6-3/h4-7,9-12,15,17,23-26H,1-3H2,(H4,18,20,27,28,29,30);4-6H2,1-3H3/t5-,6-,7-,9-,10+,11-,12-,15-;/m1./s1. The molecule has 0 aromatic carbocycles. The number of ether oxygens (including phenoxy) is 1. The van der Waals surface area contributed by atoms with E-state index in [1.807, 2.05) is 0 Å². The number of hydrogen-bond donors (Lipinski definition) is 7. The van der Waals surface area contributed by atoms with Crippen molar-refractivity contribution < 1.29 is 66.9 Å². The van der Waals surface area contributed by atoms with Gasteiger partial charge in [-0.05, 0) is 27.2 Å². The van der Waals surface area contributed by atoms with E-state index in [0.29, 0.717) is 0 Å². The first kappa shape index (κ1) is 34.1. The molecule has 2 unspecified atom stereocenters. The van der Waals surface area contributed by atoms with Crippen LogP contribution < -0.4 is 30.7 Å². The molecule has 1 saturated carbocycles. The number of anilines is 2. The first-order valence-corrected chi connectivity index (χ1v) is 16.7. The van der Waals surface area contributed by atoms with Crippen molar-refractivity contribution >= 4 is 38.6 Å². The summed E-state index contributed by atoms with van der Waals surface area (Å²) in [5.74, 6) is -1.22. The fourth-order valence-corrected chi connectivity index (χ4v) is 7.50. The number of aliphatic hydroxyl groups excluding tert-OH is 4. The smallest absolute Gasteiger partial charge is 0.274 e. The second-order valence-corrected chi connectivity index (χ2v) is 13.5. The number of nitrogen functional groups attached to an aromatic ring is 2. The number of aliphatic hydroxyl groups is 4. The van der Waals surface area contributed by atoms with Gasteiger partial charge in [0, 0.05) is 5.92 Å². The number of rotatable bonds is 3. The number of phosphoric ester groups is 2. The molecule has 43 heavy (non-hydrogen) atoms.